The number of carbonyl (C=O) groups is 1. The molecule has 1 amide bonds. The molecule has 2 aliphatic rings. The summed E-state index contributed by atoms with van der Waals surface area (Å²) in [6, 6.07) is 11.5. The average Bonchev–Trinajstić information content (AvgIpc) is 3.30. The number of nitrogens with zero attached hydrogens (tertiary/aromatic N) is 2. The van der Waals surface area contributed by atoms with E-state index in [1.54, 1.807) is 4.68 Å². The Labute approximate surface area is 161 Å². The lowest BCUT2D eigenvalue weighted by molar-refractivity contribution is 0.0966. The van der Waals surface area contributed by atoms with Crippen LogP contribution in [0.15, 0.2) is 42.6 Å². The molecule has 0 aliphatic carbocycles. The van der Waals surface area contributed by atoms with E-state index < -0.39 is 0 Å². The molecule has 7 nitrogen and oxygen atoms in total. The molecule has 0 radical (unpaired) electrons. The molecule has 5 rings (SSSR count). The van der Waals surface area contributed by atoms with Crippen molar-refractivity contribution in [1.29, 1.82) is 0 Å². The molecule has 28 heavy (non-hydrogen) atoms. The van der Waals surface area contributed by atoms with Crippen LogP contribution in [0, 0.1) is 0 Å². The fraction of sp³-hybridized carbons (Fsp3) is 0.238. The molecule has 3 heterocycles. The Hall–Kier alpha value is -3.48. The van der Waals surface area contributed by atoms with E-state index in [0.29, 0.717) is 43.4 Å². The third-order valence-corrected chi connectivity index (χ3v) is 4.89. The van der Waals surface area contributed by atoms with Crippen molar-refractivity contribution in [2.24, 2.45) is 7.05 Å². The van der Waals surface area contributed by atoms with Crippen molar-refractivity contribution in [1.82, 2.24) is 15.1 Å². The first-order chi connectivity index (χ1) is 13.7. The van der Waals surface area contributed by atoms with Gasteiger partial charge in [-0.15, -0.1) is 0 Å². The van der Waals surface area contributed by atoms with Crippen molar-refractivity contribution in [2.75, 3.05) is 13.2 Å². The van der Waals surface area contributed by atoms with Gasteiger partial charge in [0.2, 0.25) is 0 Å². The first-order valence-corrected chi connectivity index (χ1v) is 9.14. The number of hydrogen-bond acceptors (Lipinski definition) is 5. The van der Waals surface area contributed by atoms with E-state index in [1.165, 1.54) is 0 Å². The number of carbonyl (C=O) groups excluding carboxylic acids is 1. The second-order valence-electron chi connectivity index (χ2n) is 6.82. The van der Waals surface area contributed by atoms with Crippen LogP contribution in [0.25, 0.3) is 11.1 Å². The van der Waals surface area contributed by atoms with Gasteiger partial charge in [-0.25, -0.2) is 0 Å². The average molecular weight is 377 g/mol. The highest BCUT2D eigenvalue weighted by atomic mass is 16.6. The van der Waals surface area contributed by atoms with Gasteiger partial charge in [0.25, 0.3) is 5.91 Å². The van der Waals surface area contributed by atoms with Crippen molar-refractivity contribution in [3.8, 4) is 28.4 Å². The highest BCUT2D eigenvalue weighted by Crippen LogP contribution is 2.40. The van der Waals surface area contributed by atoms with Crippen LogP contribution in [0.4, 0.5) is 0 Å². The smallest absolute Gasteiger partial charge is 0.251 e. The molecule has 0 unspecified atom stereocenters. The summed E-state index contributed by atoms with van der Waals surface area (Å²) in [5.74, 6) is 2.07. The van der Waals surface area contributed by atoms with Crippen molar-refractivity contribution >= 4 is 5.91 Å². The molecule has 2 aromatic carbocycles. The molecule has 7 heteroatoms. The highest BCUT2D eigenvalue weighted by molar-refractivity contribution is 6.00. The number of nitrogens with one attached hydrogen (secondary N) is 1. The minimum atomic E-state index is -0.0648. The number of hydrogen-bond donors (Lipinski definition) is 1. The summed E-state index contributed by atoms with van der Waals surface area (Å²) in [5, 5.41) is 7.22. The Balaban J connectivity index is 1.55. The van der Waals surface area contributed by atoms with E-state index >= 15 is 0 Å². The van der Waals surface area contributed by atoms with Crippen LogP contribution in [-0.4, -0.2) is 28.9 Å². The second-order valence-corrected chi connectivity index (χ2v) is 6.82. The first kappa shape index (κ1) is 16.7. The van der Waals surface area contributed by atoms with E-state index in [1.807, 2.05) is 49.6 Å². The van der Waals surface area contributed by atoms with Gasteiger partial charge in [-0.3, -0.25) is 9.48 Å². The number of benzene rings is 2. The van der Waals surface area contributed by atoms with Gasteiger partial charge in [0.15, 0.2) is 11.5 Å². The zero-order valence-electron chi connectivity index (χ0n) is 15.4. The van der Waals surface area contributed by atoms with Gasteiger partial charge in [-0.2, -0.15) is 5.10 Å². The predicted octanol–water partition coefficient (Wildman–Crippen LogP) is 2.68. The number of amides is 1. The molecular formula is C21H19N3O4. The van der Waals surface area contributed by atoms with Crippen molar-refractivity contribution in [2.45, 2.75) is 13.2 Å². The number of aromatic nitrogens is 2. The topological polar surface area (TPSA) is 74.6 Å². The molecule has 142 valence electrons. The third-order valence-electron chi connectivity index (χ3n) is 4.89. The Morgan fingerprint density at radius 1 is 1.11 bits per heavy atom. The maximum Gasteiger partial charge on any atom is 0.251 e. The number of aryl methyl sites for hydroxylation is 1. The molecule has 1 aromatic heterocycles. The maximum atomic E-state index is 12.2. The zero-order chi connectivity index (χ0) is 19.1. The van der Waals surface area contributed by atoms with E-state index in [4.69, 9.17) is 14.2 Å². The molecule has 2 aliphatic heterocycles. The van der Waals surface area contributed by atoms with Gasteiger partial charge in [0.05, 0.1) is 5.69 Å². The Kier molecular flexibility index (Phi) is 3.93. The lowest BCUT2D eigenvalue weighted by Gasteiger charge is -2.20. The molecule has 0 fully saturated rings. The Morgan fingerprint density at radius 2 is 1.96 bits per heavy atom. The fourth-order valence-electron chi connectivity index (χ4n) is 3.50. The largest absolute Gasteiger partial charge is 0.487 e. The molecule has 0 spiro atoms. The quantitative estimate of drug-likeness (QED) is 0.757. The Morgan fingerprint density at radius 3 is 2.79 bits per heavy atom. The number of ether oxygens (including phenoxy) is 3. The second kappa shape index (κ2) is 6.60. The van der Waals surface area contributed by atoms with Crippen LogP contribution in [0.1, 0.15) is 21.6 Å². The van der Waals surface area contributed by atoms with Crippen LogP contribution in [-0.2, 0) is 20.2 Å². The fourth-order valence-corrected chi connectivity index (χ4v) is 3.50. The third kappa shape index (κ3) is 2.94. The molecule has 3 aromatic rings. The highest BCUT2D eigenvalue weighted by Gasteiger charge is 2.23. The van der Waals surface area contributed by atoms with Gasteiger partial charge in [0.1, 0.15) is 25.6 Å². The number of rotatable bonds is 4. The summed E-state index contributed by atoms with van der Waals surface area (Å²) in [7, 11) is 1.87. The van der Waals surface area contributed by atoms with Gasteiger partial charge >= 0.3 is 0 Å². The van der Waals surface area contributed by atoms with E-state index in [2.05, 4.69) is 10.4 Å². The molecule has 0 saturated carbocycles. The van der Waals surface area contributed by atoms with Gasteiger partial charge in [-0.1, -0.05) is 6.07 Å². The summed E-state index contributed by atoms with van der Waals surface area (Å²) in [4.78, 5) is 12.2. The Bertz CT molecular complexity index is 1070. The molecule has 0 bridgehead atoms. The monoisotopic (exact) mass is 377 g/mol. The van der Waals surface area contributed by atoms with E-state index in [-0.39, 0.29) is 5.91 Å². The molecule has 0 saturated heterocycles. The minimum absolute atomic E-state index is 0.0648. The van der Waals surface area contributed by atoms with Crippen molar-refractivity contribution in [3.63, 3.8) is 0 Å². The van der Waals surface area contributed by atoms with Crippen molar-refractivity contribution in [3.05, 3.63) is 59.4 Å². The predicted molar refractivity (Wildman–Crippen MR) is 102 cm³/mol. The molecule has 1 N–H and O–H groups in total. The molecular weight excluding hydrogens is 358 g/mol. The minimum Gasteiger partial charge on any atom is -0.487 e. The summed E-state index contributed by atoms with van der Waals surface area (Å²) >= 11 is 0. The first-order valence-electron chi connectivity index (χ1n) is 9.14. The summed E-state index contributed by atoms with van der Waals surface area (Å²) in [6.07, 6.45) is 1.88. The maximum absolute atomic E-state index is 12.2. The van der Waals surface area contributed by atoms with Crippen LogP contribution in [0.2, 0.25) is 0 Å². The lowest BCUT2D eigenvalue weighted by atomic mass is 9.98. The van der Waals surface area contributed by atoms with Gasteiger partial charge in [-0.05, 0) is 41.5 Å². The van der Waals surface area contributed by atoms with Crippen LogP contribution in [0.3, 0.4) is 0 Å². The molecule has 0 atom stereocenters. The summed E-state index contributed by atoms with van der Waals surface area (Å²) in [5.41, 5.74) is 4.19. The zero-order valence-corrected chi connectivity index (χ0v) is 15.4. The van der Waals surface area contributed by atoms with E-state index in [9.17, 15) is 4.79 Å². The van der Waals surface area contributed by atoms with E-state index in [0.717, 1.165) is 28.1 Å². The van der Waals surface area contributed by atoms with Crippen LogP contribution < -0.4 is 19.5 Å². The van der Waals surface area contributed by atoms with Crippen LogP contribution in [0.5, 0.6) is 17.2 Å². The van der Waals surface area contributed by atoms with Crippen LogP contribution >= 0.6 is 0 Å². The van der Waals surface area contributed by atoms with Gasteiger partial charge < -0.3 is 19.5 Å². The standard InChI is InChI=1S/C21H19N3O4/c1-24-5-4-15(23-24)12-28-19-9-14-11-22-21(25)17(14)10-16(19)13-2-3-18-20(8-13)27-7-6-26-18/h2-5,8-10H,6-7,11-12H2,1H3,(H,22,25). The summed E-state index contributed by atoms with van der Waals surface area (Å²) < 4.78 is 19.2. The lowest BCUT2D eigenvalue weighted by Crippen LogP contribution is -2.15. The van der Waals surface area contributed by atoms with Crippen molar-refractivity contribution < 1.29 is 19.0 Å². The number of fused-ring (bicyclic) bond motifs is 2. The SMILES string of the molecule is Cn1ccc(COc2cc3c(cc2-c2ccc4c(c2)OCCO4)C(=O)NC3)n1. The summed E-state index contributed by atoms with van der Waals surface area (Å²) in [6.45, 7) is 1.92. The van der Waals surface area contributed by atoms with Gasteiger partial charge in [0, 0.05) is 30.9 Å². The normalized spacial score (nSPS) is 14.5.